The summed E-state index contributed by atoms with van der Waals surface area (Å²) in [5.74, 6) is -0.664. The first-order valence-electron chi connectivity index (χ1n) is 8.31. The Kier molecular flexibility index (Phi) is 4.64. The first-order chi connectivity index (χ1) is 12.9. The van der Waals surface area contributed by atoms with E-state index >= 15 is 0 Å². The summed E-state index contributed by atoms with van der Waals surface area (Å²) >= 11 is 0. The van der Waals surface area contributed by atoms with Crippen molar-refractivity contribution in [3.63, 3.8) is 0 Å². The van der Waals surface area contributed by atoms with Crippen molar-refractivity contribution in [2.45, 2.75) is 31.1 Å². The van der Waals surface area contributed by atoms with Crippen molar-refractivity contribution in [1.29, 1.82) is 0 Å². The van der Waals surface area contributed by atoms with Gasteiger partial charge >= 0.3 is 0 Å². The van der Waals surface area contributed by atoms with Gasteiger partial charge in [0.1, 0.15) is 16.3 Å². The van der Waals surface area contributed by atoms with E-state index in [0.717, 1.165) is 6.07 Å². The third kappa shape index (κ3) is 3.43. The molecule has 28 heavy (non-hydrogen) atoms. The van der Waals surface area contributed by atoms with Crippen LogP contribution in [0.25, 0.3) is 10.8 Å². The molecule has 3 rings (SSSR count). The van der Waals surface area contributed by atoms with Crippen molar-refractivity contribution >= 4 is 32.3 Å². The molecule has 0 spiro atoms. The number of nitrogens with zero attached hydrogens (tertiary/aromatic N) is 4. The van der Waals surface area contributed by atoms with Crippen LogP contribution >= 0.6 is 0 Å². The molecule has 0 fully saturated rings. The summed E-state index contributed by atoms with van der Waals surface area (Å²) < 4.78 is 34.0. The highest BCUT2D eigenvalue weighted by molar-refractivity contribution is 7.86. The molecule has 0 radical (unpaired) electrons. The van der Waals surface area contributed by atoms with Gasteiger partial charge in [0.25, 0.3) is 10.1 Å². The number of fused-ring (bicyclic) bond motifs is 1. The molecule has 0 bridgehead atoms. The van der Waals surface area contributed by atoms with Crippen molar-refractivity contribution in [2.24, 2.45) is 17.3 Å². The highest BCUT2D eigenvalue weighted by atomic mass is 32.2. The second kappa shape index (κ2) is 6.57. The molecular weight excluding hydrogens is 384 g/mol. The molecule has 1 heterocycles. The van der Waals surface area contributed by atoms with Crippen molar-refractivity contribution in [1.82, 2.24) is 9.78 Å². The van der Waals surface area contributed by atoms with E-state index in [-0.39, 0.29) is 28.0 Å². The molecule has 10 heteroatoms. The lowest BCUT2D eigenvalue weighted by atomic mass is 9.91. The first-order valence-corrected chi connectivity index (χ1v) is 9.75. The van der Waals surface area contributed by atoms with Crippen LogP contribution < -0.4 is 0 Å². The molecule has 0 amide bonds. The Hall–Kier alpha value is -2.98. The Morgan fingerprint density at radius 1 is 1.04 bits per heavy atom. The molecule has 3 N–H and O–H groups in total. The summed E-state index contributed by atoms with van der Waals surface area (Å²) in [5, 5.41) is 33.5. The van der Waals surface area contributed by atoms with E-state index in [1.54, 1.807) is 25.2 Å². The quantitative estimate of drug-likeness (QED) is 0.446. The van der Waals surface area contributed by atoms with Gasteiger partial charge in [0, 0.05) is 29.3 Å². The maximum Gasteiger partial charge on any atom is 0.295 e. The van der Waals surface area contributed by atoms with Gasteiger partial charge in [-0.15, -0.1) is 10.2 Å². The molecule has 0 aliphatic rings. The van der Waals surface area contributed by atoms with Gasteiger partial charge in [-0.2, -0.15) is 13.5 Å². The molecule has 0 aliphatic carbocycles. The molecule has 9 nitrogen and oxygen atoms in total. The van der Waals surface area contributed by atoms with Crippen LogP contribution in [0, 0.1) is 0 Å². The smallest absolute Gasteiger partial charge is 0.295 e. The van der Waals surface area contributed by atoms with Crippen LogP contribution in [0.5, 0.6) is 11.6 Å². The fourth-order valence-electron chi connectivity index (χ4n) is 2.83. The first kappa shape index (κ1) is 19.8. The van der Waals surface area contributed by atoms with Crippen LogP contribution in [0.3, 0.4) is 0 Å². The van der Waals surface area contributed by atoms with Crippen LogP contribution in [0.1, 0.15) is 26.5 Å². The van der Waals surface area contributed by atoms with Crippen molar-refractivity contribution in [3.8, 4) is 11.6 Å². The third-order valence-electron chi connectivity index (χ3n) is 4.19. The molecule has 0 saturated carbocycles. The summed E-state index contributed by atoms with van der Waals surface area (Å²) in [6, 6.07) is 7.18. The molecule has 1 aromatic heterocycles. The van der Waals surface area contributed by atoms with E-state index in [0.29, 0.717) is 5.69 Å². The maximum absolute atomic E-state index is 11.6. The van der Waals surface area contributed by atoms with E-state index in [9.17, 15) is 23.2 Å². The van der Waals surface area contributed by atoms with Crippen LogP contribution in [-0.4, -0.2) is 33.0 Å². The number of phenols is 1. The van der Waals surface area contributed by atoms with E-state index in [4.69, 9.17) is 0 Å². The minimum Gasteiger partial charge on any atom is -0.506 e. The monoisotopic (exact) mass is 404 g/mol. The summed E-state index contributed by atoms with van der Waals surface area (Å²) in [4.78, 5) is -0.431. The minimum absolute atomic E-state index is 0.00566. The SMILES string of the molecule is Cn1nc(C(C)(C)C)c(/N=N/c2c(O)cc(S(=O)(=O)O)c3ccccc23)c1O. The number of aromatic hydroxyl groups is 2. The third-order valence-corrected chi connectivity index (χ3v) is 5.08. The summed E-state index contributed by atoms with van der Waals surface area (Å²) in [6.45, 7) is 5.71. The molecular formula is C18H20N4O5S. The lowest BCUT2D eigenvalue weighted by Gasteiger charge is -2.15. The van der Waals surface area contributed by atoms with Gasteiger partial charge in [-0.05, 0) is 0 Å². The van der Waals surface area contributed by atoms with E-state index < -0.39 is 26.2 Å². The second-order valence-electron chi connectivity index (χ2n) is 7.36. The zero-order valence-electron chi connectivity index (χ0n) is 15.7. The summed E-state index contributed by atoms with van der Waals surface area (Å²) in [5.41, 5.74) is 0.240. The Balaban J connectivity index is 2.25. The van der Waals surface area contributed by atoms with E-state index in [2.05, 4.69) is 15.3 Å². The molecule has 148 valence electrons. The Bertz CT molecular complexity index is 1210. The van der Waals surface area contributed by atoms with Gasteiger partial charge in [0.05, 0.1) is 5.69 Å². The number of azo groups is 1. The fourth-order valence-corrected chi connectivity index (χ4v) is 3.55. The topological polar surface area (TPSA) is 137 Å². The van der Waals surface area contributed by atoms with Gasteiger partial charge in [-0.1, -0.05) is 45.0 Å². The number of hydrogen-bond donors (Lipinski definition) is 3. The van der Waals surface area contributed by atoms with Crippen LogP contribution in [0.4, 0.5) is 11.4 Å². The number of phenolic OH excluding ortho intramolecular Hbond substituents is 1. The van der Waals surface area contributed by atoms with Gasteiger partial charge in [-0.3, -0.25) is 4.55 Å². The van der Waals surface area contributed by atoms with Gasteiger partial charge in [0.2, 0.25) is 5.88 Å². The maximum atomic E-state index is 11.6. The van der Waals surface area contributed by atoms with Crippen LogP contribution in [-0.2, 0) is 22.6 Å². The normalized spacial score (nSPS) is 12.9. The molecule has 0 atom stereocenters. The Morgan fingerprint density at radius 3 is 2.18 bits per heavy atom. The minimum atomic E-state index is -4.55. The average Bonchev–Trinajstić information content (AvgIpc) is 2.88. The van der Waals surface area contributed by atoms with Crippen LogP contribution in [0.15, 0.2) is 45.5 Å². The molecule has 2 aromatic carbocycles. The standard InChI is InChI=1S/C18H20N4O5S/c1-18(2,3)16-15(17(24)22(4)21-16)20-19-14-11-8-6-5-7-10(11)13(9-12(14)23)28(25,26)27/h5-9,23-24H,1-4H3,(H,25,26,27)/b20-19+. The zero-order valence-corrected chi connectivity index (χ0v) is 16.6. The number of rotatable bonds is 3. The van der Waals surface area contributed by atoms with Crippen molar-refractivity contribution in [2.75, 3.05) is 0 Å². The highest BCUT2D eigenvalue weighted by Crippen LogP contribution is 2.42. The number of aryl methyl sites for hydroxylation is 1. The van der Waals surface area contributed by atoms with Crippen molar-refractivity contribution in [3.05, 3.63) is 36.0 Å². The fraction of sp³-hybridized carbons (Fsp3) is 0.278. The molecule has 0 saturated heterocycles. The number of hydrogen-bond acceptors (Lipinski definition) is 7. The Morgan fingerprint density at radius 2 is 1.61 bits per heavy atom. The van der Waals surface area contributed by atoms with Gasteiger partial charge < -0.3 is 10.2 Å². The van der Waals surface area contributed by atoms with Gasteiger partial charge in [0.15, 0.2) is 5.69 Å². The van der Waals surface area contributed by atoms with Crippen LogP contribution in [0.2, 0.25) is 0 Å². The molecule has 0 aliphatic heterocycles. The van der Waals surface area contributed by atoms with E-state index in [1.807, 2.05) is 20.8 Å². The Labute approximate surface area is 161 Å². The van der Waals surface area contributed by atoms with Gasteiger partial charge in [-0.25, -0.2) is 4.68 Å². The predicted octanol–water partition coefficient (Wildman–Crippen LogP) is 3.94. The largest absolute Gasteiger partial charge is 0.506 e. The predicted molar refractivity (Wildman–Crippen MR) is 103 cm³/mol. The number of benzene rings is 2. The summed E-state index contributed by atoms with van der Waals surface area (Å²) in [6.07, 6.45) is 0. The van der Waals surface area contributed by atoms with E-state index in [1.165, 1.54) is 10.7 Å². The summed E-state index contributed by atoms with van der Waals surface area (Å²) in [7, 11) is -2.98. The van der Waals surface area contributed by atoms with Crippen molar-refractivity contribution < 1.29 is 23.2 Å². The lowest BCUT2D eigenvalue weighted by molar-refractivity contribution is 0.419. The zero-order chi connectivity index (χ0) is 20.9. The second-order valence-corrected chi connectivity index (χ2v) is 8.75. The molecule has 0 unspecified atom stereocenters. The lowest BCUT2D eigenvalue weighted by Crippen LogP contribution is -2.12. The average molecular weight is 404 g/mol. The highest BCUT2D eigenvalue weighted by Gasteiger charge is 2.26. The number of aromatic nitrogens is 2. The molecule has 3 aromatic rings.